The molecule has 1 saturated heterocycles. The summed E-state index contributed by atoms with van der Waals surface area (Å²) >= 11 is 0. The molecule has 1 aromatic carbocycles. The van der Waals surface area contributed by atoms with Crippen LogP contribution in [0.15, 0.2) is 36.5 Å². The Hall–Kier alpha value is -2.71. The van der Waals surface area contributed by atoms with Gasteiger partial charge in [0.15, 0.2) is 0 Å². The zero-order chi connectivity index (χ0) is 17.1. The molecule has 1 aliphatic heterocycles. The third-order valence-corrected chi connectivity index (χ3v) is 4.19. The van der Waals surface area contributed by atoms with Gasteiger partial charge in [0.05, 0.1) is 18.9 Å². The van der Waals surface area contributed by atoms with Gasteiger partial charge in [-0.1, -0.05) is 0 Å². The van der Waals surface area contributed by atoms with E-state index in [1.807, 2.05) is 30.3 Å². The molecule has 8 heteroatoms. The van der Waals surface area contributed by atoms with Crippen LogP contribution in [0.25, 0.3) is 17.0 Å². The first-order valence-corrected chi connectivity index (χ1v) is 8.30. The van der Waals surface area contributed by atoms with Gasteiger partial charge in [0, 0.05) is 31.4 Å². The average Bonchev–Trinajstić information content (AvgIpc) is 3.03. The second-order valence-electron chi connectivity index (χ2n) is 5.84. The Balaban J connectivity index is 1.42. The zero-order valence-corrected chi connectivity index (χ0v) is 13.8. The Morgan fingerprint density at radius 1 is 1.12 bits per heavy atom. The van der Waals surface area contributed by atoms with Crippen molar-refractivity contribution in [1.29, 1.82) is 0 Å². The summed E-state index contributed by atoms with van der Waals surface area (Å²) in [5.41, 5.74) is 7.54. The van der Waals surface area contributed by atoms with Crippen LogP contribution in [0.4, 0.5) is 5.95 Å². The molecular formula is C17H20N6O2. The van der Waals surface area contributed by atoms with Gasteiger partial charge in [-0.3, -0.25) is 4.90 Å². The second kappa shape index (κ2) is 7.04. The molecule has 0 radical (unpaired) electrons. The fourth-order valence-electron chi connectivity index (χ4n) is 2.87. The fraction of sp³-hybridized carbons (Fsp3) is 0.353. The van der Waals surface area contributed by atoms with Gasteiger partial charge in [0.2, 0.25) is 5.95 Å². The molecule has 3 heterocycles. The molecule has 1 fully saturated rings. The van der Waals surface area contributed by atoms with Crippen molar-refractivity contribution in [1.82, 2.24) is 24.5 Å². The van der Waals surface area contributed by atoms with Crippen molar-refractivity contribution >= 4 is 11.7 Å². The van der Waals surface area contributed by atoms with E-state index in [2.05, 4.69) is 20.0 Å². The van der Waals surface area contributed by atoms with Crippen LogP contribution in [0.5, 0.6) is 5.75 Å². The average molecular weight is 340 g/mol. The molecule has 0 atom stereocenters. The first kappa shape index (κ1) is 15.8. The lowest BCUT2D eigenvalue weighted by Gasteiger charge is -2.26. The maximum absolute atomic E-state index is 5.84. The molecule has 0 amide bonds. The van der Waals surface area contributed by atoms with Crippen LogP contribution in [0.1, 0.15) is 0 Å². The summed E-state index contributed by atoms with van der Waals surface area (Å²) in [5.74, 6) is 1.55. The van der Waals surface area contributed by atoms with Gasteiger partial charge in [-0.25, -0.2) is 4.98 Å². The lowest BCUT2D eigenvalue weighted by molar-refractivity contribution is 0.0322. The van der Waals surface area contributed by atoms with Gasteiger partial charge in [0.25, 0.3) is 5.78 Å². The summed E-state index contributed by atoms with van der Waals surface area (Å²) in [7, 11) is 0. The number of morpholine rings is 1. The standard InChI is InChI=1S/C17H20N6O2/c18-16-20-17-19-6-5-15(23(17)21-16)13-1-3-14(4-2-13)25-12-9-22-7-10-24-11-8-22/h1-6H,7-12H2,(H2,18,21). The molecule has 0 unspecified atom stereocenters. The Morgan fingerprint density at radius 2 is 1.92 bits per heavy atom. The van der Waals surface area contributed by atoms with E-state index in [0.29, 0.717) is 12.4 Å². The number of nitrogen functional groups attached to an aromatic ring is 1. The number of anilines is 1. The minimum absolute atomic E-state index is 0.211. The number of ether oxygens (including phenoxy) is 2. The maximum atomic E-state index is 5.84. The highest BCUT2D eigenvalue weighted by atomic mass is 16.5. The van der Waals surface area contributed by atoms with Crippen LogP contribution in [0.3, 0.4) is 0 Å². The van der Waals surface area contributed by atoms with E-state index in [4.69, 9.17) is 15.2 Å². The Morgan fingerprint density at radius 3 is 2.72 bits per heavy atom. The smallest absolute Gasteiger partial charge is 0.254 e. The summed E-state index contributed by atoms with van der Waals surface area (Å²) in [6.45, 7) is 5.14. The third kappa shape index (κ3) is 3.54. The Labute approximate surface area is 145 Å². The van der Waals surface area contributed by atoms with Crippen LogP contribution >= 0.6 is 0 Å². The molecule has 3 aromatic rings. The van der Waals surface area contributed by atoms with Crippen LogP contribution < -0.4 is 10.5 Å². The van der Waals surface area contributed by atoms with Crippen LogP contribution in [-0.2, 0) is 4.74 Å². The summed E-state index contributed by atoms with van der Waals surface area (Å²) in [6.07, 6.45) is 1.70. The molecule has 8 nitrogen and oxygen atoms in total. The fourth-order valence-corrected chi connectivity index (χ4v) is 2.87. The molecule has 0 aliphatic carbocycles. The van der Waals surface area contributed by atoms with Crippen molar-refractivity contribution in [3.63, 3.8) is 0 Å². The first-order valence-electron chi connectivity index (χ1n) is 8.30. The number of fused-ring (bicyclic) bond motifs is 1. The van der Waals surface area contributed by atoms with Gasteiger partial charge in [0.1, 0.15) is 12.4 Å². The van der Waals surface area contributed by atoms with E-state index in [1.165, 1.54) is 0 Å². The number of hydrogen-bond acceptors (Lipinski definition) is 7. The van der Waals surface area contributed by atoms with Gasteiger partial charge >= 0.3 is 0 Å². The third-order valence-electron chi connectivity index (χ3n) is 4.19. The number of nitrogens with two attached hydrogens (primary N) is 1. The van der Waals surface area contributed by atoms with E-state index < -0.39 is 0 Å². The van der Waals surface area contributed by atoms with Gasteiger partial charge < -0.3 is 15.2 Å². The zero-order valence-electron chi connectivity index (χ0n) is 13.8. The van der Waals surface area contributed by atoms with Crippen molar-refractivity contribution in [3.05, 3.63) is 36.5 Å². The van der Waals surface area contributed by atoms with E-state index >= 15 is 0 Å². The van der Waals surface area contributed by atoms with Crippen LogP contribution in [0.2, 0.25) is 0 Å². The largest absolute Gasteiger partial charge is 0.492 e. The summed E-state index contributed by atoms with van der Waals surface area (Å²) in [6, 6.07) is 9.80. The lowest BCUT2D eigenvalue weighted by Crippen LogP contribution is -2.38. The molecule has 0 bridgehead atoms. The highest BCUT2D eigenvalue weighted by Crippen LogP contribution is 2.22. The highest BCUT2D eigenvalue weighted by molar-refractivity contribution is 5.62. The van der Waals surface area contributed by atoms with Gasteiger partial charge in [-0.05, 0) is 30.3 Å². The molecule has 0 saturated carbocycles. The normalized spacial score (nSPS) is 15.5. The van der Waals surface area contributed by atoms with E-state index in [1.54, 1.807) is 10.7 Å². The lowest BCUT2D eigenvalue weighted by atomic mass is 10.1. The Bertz CT molecular complexity index is 842. The maximum Gasteiger partial charge on any atom is 0.254 e. The molecule has 0 spiro atoms. The van der Waals surface area contributed by atoms with Gasteiger partial charge in [-0.2, -0.15) is 9.50 Å². The number of aromatic nitrogens is 4. The molecule has 130 valence electrons. The molecule has 4 rings (SSSR count). The van der Waals surface area contributed by atoms with E-state index in [-0.39, 0.29) is 5.95 Å². The predicted molar refractivity (Wildman–Crippen MR) is 93.4 cm³/mol. The first-order chi connectivity index (χ1) is 12.3. The number of nitrogens with zero attached hydrogens (tertiary/aromatic N) is 5. The van der Waals surface area contributed by atoms with E-state index in [0.717, 1.165) is 49.9 Å². The number of benzene rings is 1. The highest BCUT2D eigenvalue weighted by Gasteiger charge is 2.10. The Kier molecular flexibility index (Phi) is 4.45. The molecule has 2 aromatic heterocycles. The summed E-state index contributed by atoms with van der Waals surface area (Å²) in [5, 5.41) is 4.19. The van der Waals surface area contributed by atoms with Crippen molar-refractivity contribution in [2.24, 2.45) is 0 Å². The quantitative estimate of drug-likeness (QED) is 0.743. The number of hydrogen-bond donors (Lipinski definition) is 1. The van der Waals surface area contributed by atoms with Crippen molar-refractivity contribution < 1.29 is 9.47 Å². The van der Waals surface area contributed by atoms with Crippen LogP contribution in [-0.4, -0.2) is 63.9 Å². The van der Waals surface area contributed by atoms with Crippen LogP contribution in [0, 0.1) is 0 Å². The van der Waals surface area contributed by atoms with Crippen molar-refractivity contribution in [2.75, 3.05) is 45.2 Å². The summed E-state index contributed by atoms with van der Waals surface area (Å²) < 4.78 is 12.8. The molecule has 1 aliphatic rings. The SMILES string of the molecule is Nc1nc2nccc(-c3ccc(OCCN4CCOCC4)cc3)n2n1. The molecular weight excluding hydrogens is 320 g/mol. The number of rotatable bonds is 5. The van der Waals surface area contributed by atoms with E-state index in [9.17, 15) is 0 Å². The van der Waals surface area contributed by atoms with Crippen molar-refractivity contribution in [3.8, 4) is 17.0 Å². The van der Waals surface area contributed by atoms with Crippen molar-refractivity contribution in [2.45, 2.75) is 0 Å². The molecule has 25 heavy (non-hydrogen) atoms. The minimum Gasteiger partial charge on any atom is -0.492 e. The predicted octanol–water partition coefficient (Wildman–Crippen LogP) is 1.08. The summed E-state index contributed by atoms with van der Waals surface area (Å²) in [4.78, 5) is 10.6. The molecule has 2 N–H and O–H groups in total. The minimum atomic E-state index is 0.211. The topological polar surface area (TPSA) is 90.8 Å². The second-order valence-corrected chi connectivity index (χ2v) is 5.84. The van der Waals surface area contributed by atoms with Gasteiger partial charge in [-0.15, -0.1) is 5.10 Å². The monoisotopic (exact) mass is 340 g/mol.